The number of nitrogens with one attached hydrogen (secondary N) is 1. The van der Waals surface area contributed by atoms with Gasteiger partial charge < -0.3 is 5.32 Å². The Morgan fingerprint density at radius 2 is 1.65 bits per heavy atom. The minimum atomic E-state index is -4.00. The van der Waals surface area contributed by atoms with Gasteiger partial charge >= 0.3 is 0 Å². The van der Waals surface area contributed by atoms with Gasteiger partial charge in [-0.25, -0.2) is 22.8 Å². The fourth-order valence-electron chi connectivity index (χ4n) is 3.42. The molecule has 1 amide bonds. The summed E-state index contributed by atoms with van der Waals surface area (Å²) in [6, 6.07) is 12.7. The predicted octanol–water partition coefficient (Wildman–Crippen LogP) is 3.71. The Bertz CT molecular complexity index is 1180. The largest absolute Gasteiger partial charge is 0.319 e. The third-order valence-electron chi connectivity index (χ3n) is 5.07. The van der Waals surface area contributed by atoms with E-state index in [-0.39, 0.29) is 5.56 Å². The number of carbonyl (C=O) groups excluding carboxylic acids is 1. The highest BCUT2D eigenvalue weighted by Gasteiger charge is 2.29. The van der Waals surface area contributed by atoms with Gasteiger partial charge in [0.1, 0.15) is 10.7 Å². The first-order chi connectivity index (χ1) is 14.9. The molecule has 3 aromatic rings. The monoisotopic (exact) mass is 440 g/mol. The van der Waals surface area contributed by atoms with Crippen LogP contribution < -0.4 is 5.32 Å². The average molecular weight is 441 g/mol. The van der Waals surface area contributed by atoms with Crippen LogP contribution in [0.4, 0.5) is 10.1 Å². The lowest BCUT2D eigenvalue weighted by Gasteiger charge is -2.26. The van der Waals surface area contributed by atoms with Crippen molar-refractivity contribution in [2.45, 2.75) is 24.2 Å². The van der Waals surface area contributed by atoms with Gasteiger partial charge in [0.15, 0.2) is 5.82 Å². The van der Waals surface area contributed by atoms with E-state index < -0.39 is 26.6 Å². The Labute approximate surface area is 180 Å². The van der Waals surface area contributed by atoms with Crippen LogP contribution in [0.3, 0.4) is 0 Å². The molecule has 2 aromatic carbocycles. The van der Waals surface area contributed by atoms with Crippen molar-refractivity contribution in [1.82, 2.24) is 14.3 Å². The normalized spacial score (nSPS) is 14.9. The number of halogens is 1. The van der Waals surface area contributed by atoms with Crippen molar-refractivity contribution in [2.24, 2.45) is 0 Å². The summed E-state index contributed by atoms with van der Waals surface area (Å²) in [6.45, 7) is 0.701. The minimum Gasteiger partial charge on any atom is -0.319 e. The maximum absolute atomic E-state index is 14.4. The van der Waals surface area contributed by atoms with E-state index in [0.29, 0.717) is 24.6 Å². The number of benzene rings is 2. The maximum atomic E-state index is 14.4. The lowest BCUT2D eigenvalue weighted by atomic mass is 10.2. The Hall–Kier alpha value is -3.17. The highest BCUT2D eigenvalue weighted by Crippen LogP contribution is 2.24. The summed E-state index contributed by atoms with van der Waals surface area (Å²) in [6.07, 6.45) is 5.34. The Kier molecular flexibility index (Phi) is 6.06. The average Bonchev–Trinajstić information content (AvgIpc) is 2.81. The molecular weight excluding hydrogens is 419 g/mol. The number of nitrogens with zero attached hydrogens (tertiary/aromatic N) is 3. The lowest BCUT2D eigenvalue weighted by Crippen LogP contribution is -2.36. The summed E-state index contributed by atoms with van der Waals surface area (Å²) in [5, 5.41) is 2.62. The van der Waals surface area contributed by atoms with Crippen LogP contribution >= 0.6 is 0 Å². The van der Waals surface area contributed by atoms with E-state index in [1.54, 1.807) is 0 Å². The van der Waals surface area contributed by atoms with E-state index >= 15 is 0 Å². The molecule has 1 aliphatic rings. The summed E-state index contributed by atoms with van der Waals surface area (Å²) in [5.74, 6) is -0.945. The Morgan fingerprint density at radius 3 is 2.32 bits per heavy atom. The molecule has 1 fully saturated rings. The molecule has 0 saturated carbocycles. The summed E-state index contributed by atoms with van der Waals surface area (Å²) in [5.41, 5.74) is 1.21. The van der Waals surface area contributed by atoms with Crippen molar-refractivity contribution in [2.75, 3.05) is 18.4 Å². The molecule has 0 unspecified atom stereocenters. The number of rotatable bonds is 5. The van der Waals surface area contributed by atoms with Crippen LogP contribution in [0.5, 0.6) is 0 Å². The van der Waals surface area contributed by atoms with Crippen molar-refractivity contribution in [3.05, 3.63) is 72.3 Å². The number of hydrogen-bond acceptors (Lipinski definition) is 5. The quantitative estimate of drug-likeness (QED) is 0.653. The highest BCUT2D eigenvalue weighted by atomic mass is 32.2. The van der Waals surface area contributed by atoms with Crippen LogP contribution in [-0.2, 0) is 10.0 Å². The highest BCUT2D eigenvalue weighted by molar-refractivity contribution is 7.89. The summed E-state index contributed by atoms with van der Waals surface area (Å²) >= 11 is 0. The predicted molar refractivity (Wildman–Crippen MR) is 114 cm³/mol. The van der Waals surface area contributed by atoms with Gasteiger partial charge in [0.25, 0.3) is 5.91 Å². The number of hydrogen-bond donors (Lipinski definition) is 1. The smallest absolute Gasteiger partial charge is 0.255 e. The van der Waals surface area contributed by atoms with Crippen LogP contribution in [0.1, 0.15) is 29.6 Å². The van der Waals surface area contributed by atoms with Gasteiger partial charge in [-0.2, -0.15) is 4.31 Å². The number of aromatic nitrogens is 2. The summed E-state index contributed by atoms with van der Waals surface area (Å²) < 4.78 is 41.3. The first-order valence-corrected chi connectivity index (χ1v) is 11.4. The number of carbonyl (C=O) groups is 1. The van der Waals surface area contributed by atoms with Gasteiger partial charge in [0, 0.05) is 24.2 Å². The molecule has 2 heterocycles. The van der Waals surface area contributed by atoms with Gasteiger partial charge in [0.05, 0.1) is 18.1 Å². The molecule has 160 valence electrons. The van der Waals surface area contributed by atoms with E-state index in [4.69, 9.17) is 0 Å². The van der Waals surface area contributed by atoms with Crippen molar-refractivity contribution >= 4 is 21.6 Å². The van der Waals surface area contributed by atoms with Gasteiger partial charge in [-0.3, -0.25) is 4.79 Å². The molecule has 0 aliphatic carbocycles. The van der Waals surface area contributed by atoms with E-state index in [1.807, 2.05) is 30.3 Å². The second kappa shape index (κ2) is 8.91. The third kappa shape index (κ3) is 4.62. The van der Waals surface area contributed by atoms with E-state index in [0.717, 1.165) is 37.0 Å². The molecule has 0 atom stereocenters. The van der Waals surface area contributed by atoms with E-state index in [9.17, 15) is 17.6 Å². The molecule has 1 saturated heterocycles. The number of piperidine rings is 1. The van der Waals surface area contributed by atoms with Crippen LogP contribution in [-0.4, -0.2) is 41.7 Å². The molecule has 9 heteroatoms. The van der Waals surface area contributed by atoms with Crippen molar-refractivity contribution in [3.63, 3.8) is 0 Å². The van der Waals surface area contributed by atoms with Gasteiger partial charge in [0.2, 0.25) is 10.0 Å². The molecule has 0 bridgehead atoms. The zero-order chi connectivity index (χ0) is 21.8. The van der Waals surface area contributed by atoms with Gasteiger partial charge in [-0.15, -0.1) is 0 Å². The number of anilines is 1. The zero-order valence-corrected chi connectivity index (χ0v) is 17.5. The van der Waals surface area contributed by atoms with Crippen LogP contribution in [0.15, 0.2) is 65.8 Å². The van der Waals surface area contributed by atoms with Crippen LogP contribution in [0.2, 0.25) is 0 Å². The summed E-state index contributed by atoms with van der Waals surface area (Å²) in [7, 11) is -4.00. The first-order valence-electron chi connectivity index (χ1n) is 9.94. The lowest BCUT2D eigenvalue weighted by molar-refractivity contribution is 0.102. The number of amides is 1. The zero-order valence-electron chi connectivity index (χ0n) is 16.7. The Balaban J connectivity index is 1.53. The SMILES string of the molecule is O=C(Nc1cnc(-c2ccccc2)nc1)c1ccc(F)c(S(=O)(=O)N2CCCCC2)c1. The van der Waals surface area contributed by atoms with Crippen LogP contribution in [0.25, 0.3) is 11.4 Å². The molecule has 4 rings (SSSR count). The maximum Gasteiger partial charge on any atom is 0.255 e. The molecule has 1 N–H and O–H groups in total. The van der Waals surface area contributed by atoms with E-state index in [1.165, 1.54) is 22.8 Å². The van der Waals surface area contributed by atoms with Crippen molar-refractivity contribution in [1.29, 1.82) is 0 Å². The fraction of sp³-hybridized carbons (Fsp3) is 0.227. The third-order valence-corrected chi connectivity index (χ3v) is 6.98. The topological polar surface area (TPSA) is 92.3 Å². The fourth-order valence-corrected chi connectivity index (χ4v) is 5.03. The van der Waals surface area contributed by atoms with Crippen molar-refractivity contribution in [3.8, 4) is 11.4 Å². The minimum absolute atomic E-state index is 0.0316. The molecule has 7 nitrogen and oxygen atoms in total. The molecule has 0 radical (unpaired) electrons. The molecule has 1 aliphatic heterocycles. The summed E-state index contributed by atoms with van der Waals surface area (Å²) in [4.78, 5) is 20.6. The second-order valence-corrected chi connectivity index (χ2v) is 9.13. The van der Waals surface area contributed by atoms with Gasteiger partial charge in [-0.05, 0) is 31.0 Å². The molecular formula is C22H21FN4O3S. The Morgan fingerprint density at radius 1 is 0.968 bits per heavy atom. The second-order valence-electron chi connectivity index (χ2n) is 7.23. The first kappa shape index (κ1) is 21.1. The van der Waals surface area contributed by atoms with Crippen molar-refractivity contribution < 1.29 is 17.6 Å². The molecule has 0 spiro atoms. The van der Waals surface area contributed by atoms with E-state index in [2.05, 4.69) is 15.3 Å². The van der Waals surface area contributed by atoms with Gasteiger partial charge in [-0.1, -0.05) is 36.8 Å². The molecule has 1 aromatic heterocycles. The standard InChI is InChI=1S/C22H21FN4O3S/c23-19-10-9-17(13-20(19)31(29,30)27-11-5-2-6-12-27)22(28)26-18-14-24-21(25-15-18)16-7-3-1-4-8-16/h1,3-4,7-10,13-15H,2,5-6,11-12H2,(H,26,28). The molecule has 31 heavy (non-hydrogen) atoms. The van der Waals surface area contributed by atoms with Crippen LogP contribution in [0, 0.1) is 5.82 Å². The number of sulfonamides is 1.